The van der Waals surface area contributed by atoms with Gasteiger partial charge in [-0.15, -0.1) is 11.3 Å². The molecule has 0 saturated carbocycles. The molecule has 2 aromatic heterocycles. The fourth-order valence-corrected chi connectivity index (χ4v) is 2.91. The second-order valence-electron chi connectivity index (χ2n) is 4.37. The zero-order valence-electron chi connectivity index (χ0n) is 11.2. The first-order chi connectivity index (χ1) is 9.19. The van der Waals surface area contributed by atoms with E-state index in [9.17, 15) is 0 Å². The number of rotatable bonds is 6. The van der Waals surface area contributed by atoms with Crippen LogP contribution in [-0.2, 0) is 13.1 Å². The zero-order chi connectivity index (χ0) is 13.7. The minimum absolute atomic E-state index is 0.830. The third kappa shape index (κ3) is 4.20. The lowest BCUT2D eigenvalue weighted by atomic mass is 10.2. The fraction of sp³-hybridized carbons (Fsp3) is 0.357. The van der Waals surface area contributed by atoms with Gasteiger partial charge in [0.2, 0.25) is 0 Å². The predicted octanol–water partition coefficient (Wildman–Crippen LogP) is 3.54. The first-order valence-electron chi connectivity index (χ1n) is 6.30. The minimum atomic E-state index is 0.830. The molecule has 19 heavy (non-hydrogen) atoms. The van der Waals surface area contributed by atoms with Gasteiger partial charge in [0.1, 0.15) is 5.82 Å². The number of hydrogen-bond donors (Lipinski definition) is 1. The molecule has 1 N–H and O–H groups in total. The summed E-state index contributed by atoms with van der Waals surface area (Å²) in [6.07, 6.45) is 1.93. The monoisotopic (exact) mass is 295 g/mol. The summed E-state index contributed by atoms with van der Waals surface area (Å²) in [6.45, 7) is 4.77. The van der Waals surface area contributed by atoms with Crippen molar-refractivity contribution in [3.8, 4) is 0 Å². The van der Waals surface area contributed by atoms with Crippen LogP contribution >= 0.6 is 22.9 Å². The number of pyridine rings is 1. The van der Waals surface area contributed by atoms with Crippen molar-refractivity contribution in [3.63, 3.8) is 0 Å². The van der Waals surface area contributed by atoms with Gasteiger partial charge in [-0.05, 0) is 30.3 Å². The van der Waals surface area contributed by atoms with Gasteiger partial charge in [-0.25, -0.2) is 4.98 Å². The third-order valence-corrected chi connectivity index (χ3v) is 4.02. The molecule has 0 atom stereocenters. The van der Waals surface area contributed by atoms with E-state index in [0.29, 0.717) is 0 Å². The first-order valence-corrected chi connectivity index (χ1v) is 7.49. The molecular formula is C14H18ClN3S. The van der Waals surface area contributed by atoms with Gasteiger partial charge in [0.05, 0.1) is 10.9 Å². The van der Waals surface area contributed by atoms with E-state index in [1.54, 1.807) is 11.3 Å². The maximum atomic E-state index is 5.94. The molecule has 5 heteroatoms. The van der Waals surface area contributed by atoms with Crippen molar-refractivity contribution in [1.29, 1.82) is 0 Å². The van der Waals surface area contributed by atoms with E-state index in [1.165, 1.54) is 10.4 Å². The average molecular weight is 296 g/mol. The van der Waals surface area contributed by atoms with E-state index in [4.69, 9.17) is 11.6 Å². The molecule has 0 saturated heterocycles. The Bertz CT molecular complexity index is 510. The van der Waals surface area contributed by atoms with Crippen LogP contribution < -0.4 is 10.2 Å². The summed E-state index contributed by atoms with van der Waals surface area (Å²) in [5, 5.41) is 3.29. The Labute approximate surface area is 123 Å². The number of nitrogens with zero attached hydrogens (tertiary/aromatic N) is 2. The summed E-state index contributed by atoms with van der Waals surface area (Å²) >= 11 is 7.55. The highest BCUT2D eigenvalue weighted by molar-refractivity contribution is 7.16. The van der Waals surface area contributed by atoms with Crippen molar-refractivity contribution in [2.75, 3.05) is 18.5 Å². The van der Waals surface area contributed by atoms with Crippen LogP contribution in [0.5, 0.6) is 0 Å². The smallest absolute Gasteiger partial charge is 0.128 e. The van der Waals surface area contributed by atoms with Crippen LogP contribution in [0.25, 0.3) is 0 Å². The summed E-state index contributed by atoms with van der Waals surface area (Å²) in [7, 11) is 2.04. The zero-order valence-corrected chi connectivity index (χ0v) is 12.8. The Morgan fingerprint density at radius 3 is 2.74 bits per heavy atom. The van der Waals surface area contributed by atoms with Gasteiger partial charge < -0.3 is 10.2 Å². The van der Waals surface area contributed by atoms with Crippen molar-refractivity contribution in [1.82, 2.24) is 10.3 Å². The molecule has 2 heterocycles. The lowest BCUT2D eigenvalue weighted by molar-refractivity contribution is 0.724. The molecule has 0 fully saturated rings. The molecule has 0 spiro atoms. The molecule has 2 rings (SSSR count). The van der Waals surface area contributed by atoms with Gasteiger partial charge in [-0.2, -0.15) is 0 Å². The second-order valence-corrected chi connectivity index (χ2v) is 6.17. The van der Waals surface area contributed by atoms with Gasteiger partial charge >= 0.3 is 0 Å². The molecule has 0 aliphatic heterocycles. The normalized spacial score (nSPS) is 10.7. The maximum absolute atomic E-state index is 5.94. The molecule has 0 unspecified atom stereocenters. The lowest BCUT2D eigenvalue weighted by Crippen LogP contribution is -2.17. The highest BCUT2D eigenvalue weighted by Gasteiger charge is 2.05. The molecular weight excluding hydrogens is 278 g/mol. The van der Waals surface area contributed by atoms with Crippen LogP contribution in [0, 0.1) is 0 Å². The largest absolute Gasteiger partial charge is 0.355 e. The Kier molecular flexibility index (Phi) is 5.19. The van der Waals surface area contributed by atoms with Crippen molar-refractivity contribution < 1.29 is 0 Å². The van der Waals surface area contributed by atoms with E-state index in [-0.39, 0.29) is 0 Å². The predicted molar refractivity (Wildman–Crippen MR) is 83.1 cm³/mol. The van der Waals surface area contributed by atoms with Gasteiger partial charge in [0.25, 0.3) is 0 Å². The Balaban J connectivity index is 1.97. The molecule has 0 aliphatic carbocycles. The van der Waals surface area contributed by atoms with Crippen LogP contribution in [-0.4, -0.2) is 18.6 Å². The van der Waals surface area contributed by atoms with E-state index < -0.39 is 0 Å². The number of thiophene rings is 1. The quantitative estimate of drug-likeness (QED) is 0.883. The first kappa shape index (κ1) is 14.3. The molecule has 2 aromatic rings. The molecule has 0 aromatic carbocycles. The number of anilines is 1. The molecule has 0 amide bonds. The summed E-state index contributed by atoms with van der Waals surface area (Å²) in [6, 6.07) is 8.16. The van der Waals surface area contributed by atoms with Crippen molar-refractivity contribution in [2.24, 2.45) is 0 Å². The van der Waals surface area contributed by atoms with Crippen LogP contribution in [0.15, 0.2) is 30.5 Å². The van der Waals surface area contributed by atoms with Crippen LogP contribution in [0.3, 0.4) is 0 Å². The number of nitrogens with one attached hydrogen (secondary N) is 1. The van der Waals surface area contributed by atoms with Crippen LogP contribution in [0.1, 0.15) is 17.4 Å². The van der Waals surface area contributed by atoms with E-state index in [0.717, 1.165) is 29.8 Å². The molecule has 0 radical (unpaired) electrons. The second kappa shape index (κ2) is 6.89. The Morgan fingerprint density at radius 1 is 1.32 bits per heavy atom. The topological polar surface area (TPSA) is 28.2 Å². The highest BCUT2D eigenvalue weighted by Crippen LogP contribution is 2.23. The number of aromatic nitrogens is 1. The summed E-state index contributed by atoms with van der Waals surface area (Å²) in [5.41, 5.74) is 1.21. The Morgan fingerprint density at radius 2 is 2.16 bits per heavy atom. The Hall–Kier alpha value is -1.10. The molecule has 3 nitrogen and oxygen atoms in total. The van der Waals surface area contributed by atoms with Crippen molar-refractivity contribution in [2.45, 2.75) is 20.0 Å². The fourth-order valence-electron chi connectivity index (χ4n) is 1.77. The third-order valence-electron chi connectivity index (χ3n) is 2.80. The van der Waals surface area contributed by atoms with Crippen molar-refractivity contribution in [3.05, 3.63) is 45.2 Å². The van der Waals surface area contributed by atoms with E-state index >= 15 is 0 Å². The number of halogens is 1. The minimum Gasteiger partial charge on any atom is -0.355 e. The molecule has 0 bridgehead atoms. The average Bonchev–Trinajstić information content (AvgIpc) is 2.82. The standard InChI is InChI=1S/C14H18ClN3S/c1-3-16-8-11-4-7-14(17-9-11)18(2)10-12-5-6-13(15)19-12/h4-7,9,16H,3,8,10H2,1-2H3. The van der Waals surface area contributed by atoms with Gasteiger partial charge in [0, 0.05) is 24.7 Å². The summed E-state index contributed by atoms with van der Waals surface area (Å²) in [5.74, 6) is 0.977. The van der Waals surface area contributed by atoms with Gasteiger partial charge in [0.15, 0.2) is 0 Å². The van der Waals surface area contributed by atoms with Crippen LogP contribution in [0.2, 0.25) is 4.34 Å². The lowest BCUT2D eigenvalue weighted by Gasteiger charge is -2.17. The number of hydrogen-bond acceptors (Lipinski definition) is 4. The molecule has 102 valence electrons. The summed E-state index contributed by atoms with van der Waals surface area (Å²) in [4.78, 5) is 7.86. The SMILES string of the molecule is CCNCc1ccc(N(C)Cc2ccc(Cl)s2)nc1. The molecule has 0 aliphatic rings. The van der Waals surface area contributed by atoms with Crippen molar-refractivity contribution >= 4 is 28.8 Å². The van der Waals surface area contributed by atoms with Gasteiger partial charge in [-0.1, -0.05) is 24.6 Å². The highest BCUT2D eigenvalue weighted by atomic mass is 35.5. The maximum Gasteiger partial charge on any atom is 0.128 e. The van der Waals surface area contributed by atoms with Crippen LogP contribution in [0.4, 0.5) is 5.82 Å². The summed E-state index contributed by atoms with van der Waals surface area (Å²) < 4.78 is 0.831. The van der Waals surface area contributed by atoms with E-state index in [2.05, 4.69) is 40.3 Å². The van der Waals surface area contributed by atoms with E-state index in [1.807, 2.05) is 19.3 Å². The van der Waals surface area contributed by atoms with Gasteiger partial charge in [-0.3, -0.25) is 0 Å².